The van der Waals surface area contributed by atoms with Crippen molar-refractivity contribution in [2.75, 3.05) is 4.90 Å². The Morgan fingerprint density at radius 3 is 2.21 bits per heavy atom. The van der Waals surface area contributed by atoms with Gasteiger partial charge in [0, 0.05) is 15.6 Å². The lowest BCUT2D eigenvalue weighted by molar-refractivity contribution is 0.632. The van der Waals surface area contributed by atoms with Gasteiger partial charge in [0.05, 0.1) is 11.4 Å². The minimum Gasteiger partial charge on any atom is -0.310 e. The summed E-state index contributed by atoms with van der Waals surface area (Å²) in [4.78, 5) is 2.49. The van der Waals surface area contributed by atoms with Crippen LogP contribution in [0, 0.1) is 0 Å². The van der Waals surface area contributed by atoms with Gasteiger partial charge >= 0.3 is 0 Å². The molecule has 182 valence electrons. The maximum absolute atomic E-state index is 3.62. The molecule has 0 atom stereocenters. The van der Waals surface area contributed by atoms with E-state index in [0.29, 0.717) is 0 Å². The fraction of sp³-hybridized carbons (Fsp3) is 0.111. The molecule has 1 heterocycles. The summed E-state index contributed by atoms with van der Waals surface area (Å²) in [5.74, 6) is 0. The molecule has 0 N–H and O–H groups in total. The number of hydrogen-bond acceptors (Lipinski definition) is 1. The summed E-state index contributed by atoms with van der Waals surface area (Å²) in [6.45, 7) is 4.75. The number of benzene rings is 6. The van der Waals surface area contributed by atoms with Gasteiger partial charge in [-0.2, -0.15) is 0 Å². The van der Waals surface area contributed by atoms with Crippen molar-refractivity contribution >= 4 is 54.5 Å². The standard InChI is InChI=1S/C36H26BrN/c1-36(2)32-9-5-6-10-34(32)38(35-20-25-17-22-7-3-4-8-28(22)31(25)21-33(35)36)27-14-16-30-24(19-27)12-11-23-18-26(37)13-15-29(23)30/h3-16,18-21H,17H2,1-2H3. The average molecular weight is 553 g/mol. The third-order valence-corrected chi connectivity index (χ3v) is 9.18. The first-order chi connectivity index (χ1) is 18.5. The van der Waals surface area contributed by atoms with Gasteiger partial charge in [-0.3, -0.25) is 0 Å². The van der Waals surface area contributed by atoms with E-state index in [9.17, 15) is 0 Å². The molecule has 6 aromatic carbocycles. The lowest BCUT2D eigenvalue weighted by Gasteiger charge is -2.42. The van der Waals surface area contributed by atoms with Crippen LogP contribution in [0.4, 0.5) is 17.1 Å². The molecule has 0 amide bonds. The maximum atomic E-state index is 3.62. The first-order valence-corrected chi connectivity index (χ1v) is 14.1. The summed E-state index contributed by atoms with van der Waals surface area (Å²) in [5, 5.41) is 5.09. The normalized spacial score (nSPS) is 14.8. The summed E-state index contributed by atoms with van der Waals surface area (Å²) in [6, 6.07) is 40.7. The molecular weight excluding hydrogens is 526 g/mol. The smallest absolute Gasteiger partial charge is 0.0505 e. The van der Waals surface area contributed by atoms with E-state index in [-0.39, 0.29) is 5.41 Å². The van der Waals surface area contributed by atoms with E-state index in [1.807, 2.05) is 0 Å². The average Bonchev–Trinajstić information content (AvgIpc) is 3.30. The SMILES string of the molecule is CC1(C)c2ccccc2N(c2ccc3c(ccc4cc(Br)ccc43)c2)c2cc3c(cc21)-c1ccccc1C3. The summed E-state index contributed by atoms with van der Waals surface area (Å²) < 4.78 is 1.11. The molecule has 0 saturated heterocycles. The Bertz CT molecular complexity index is 1950. The Hall–Kier alpha value is -3.88. The zero-order chi connectivity index (χ0) is 25.6. The van der Waals surface area contributed by atoms with E-state index in [4.69, 9.17) is 0 Å². The quantitative estimate of drug-likeness (QED) is 0.183. The van der Waals surface area contributed by atoms with Crippen LogP contribution < -0.4 is 4.90 Å². The van der Waals surface area contributed by atoms with E-state index in [1.54, 1.807) is 0 Å². The molecule has 0 unspecified atom stereocenters. The van der Waals surface area contributed by atoms with Crippen LogP contribution >= 0.6 is 15.9 Å². The second-order valence-electron chi connectivity index (χ2n) is 11.2. The van der Waals surface area contributed by atoms with Gasteiger partial charge in [0.2, 0.25) is 0 Å². The van der Waals surface area contributed by atoms with Crippen molar-refractivity contribution in [2.45, 2.75) is 25.7 Å². The molecule has 0 saturated carbocycles. The first kappa shape index (κ1) is 22.1. The fourth-order valence-electron chi connectivity index (χ4n) is 6.78. The highest BCUT2D eigenvalue weighted by atomic mass is 79.9. The molecule has 0 fully saturated rings. The van der Waals surface area contributed by atoms with Crippen LogP contribution in [0.15, 0.2) is 114 Å². The zero-order valence-electron chi connectivity index (χ0n) is 21.4. The van der Waals surface area contributed by atoms with Crippen molar-refractivity contribution in [1.29, 1.82) is 0 Å². The molecule has 2 heteroatoms. The topological polar surface area (TPSA) is 3.24 Å². The Labute approximate surface area is 231 Å². The van der Waals surface area contributed by atoms with E-state index in [1.165, 1.54) is 72.0 Å². The maximum Gasteiger partial charge on any atom is 0.0505 e. The predicted molar refractivity (Wildman–Crippen MR) is 164 cm³/mol. The fourth-order valence-corrected chi connectivity index (χ4v) is 7.15. The second-order valence-corrected chi connectivity index (χ2v) is 12.1. The highest BCUT2D eigenvalue weighted by Crippen LogP contribution is 2.54. The van der Waals surface area contributed by atoms with Gasteiger partial charge in [-0.15, -0.1) is 0 Å². The number of halogens is 1. The largest absolute Gasteiger partial charge is 0.310 e. The Morgan fingerprint density at radius 1 is 0.605 bits per heavy atom. The van der Waals surface area contributed by atoms with Crippen molar-refractivity contribution in [3.05, 3.63) is 136 Å². The molecule has 0 aromatic heterocycles. The van der Waals surface area contributed by atoms with Gasteiger partial charge in [0.15, 0.2) is 0 Å². The lowest BCUT2D eigenvalue weighted by atomic mass is 9.72. The van der Waals surface area contributed by atoms with Crippen LogP contribution in [0.25, 0.3) is 32.7 Å². The summed E-state index contributed by atoms with van der Waals surface area (Å²) in [6.07, 6.45) is 0.994. The lowest BCUT2D eigenvalue weighted by Crippen LogP contribution is -2.30. The number of fused-ring (bicyclic) bond motifs is 8. The molecule has 0 spiro atoms. The van der Waals surface area contributed by atoms with Crippen LogP contribution in [-0.2, 0) is 11.8 Å². The van der Waals surface area contributed by atoms with Gasteiger partial charge in [0.1, 0.15) is 0 Å². The van der Waals surface area contributed by atoms with Crippen molar-refractivity contribution in [3.63, 3.8) is 0 Å². The molecule has 38 heavy (non-hydrogen) atoms. The Morgan fingerprint density at radius 2 is 1.34 bits per heavy atom. The molecule has 1 aliphatic carbocycles. The van der Waals surface area contributed by atoms with E-state index in [0.717, 1.165) is 10.9 Å². The molecule has 6 aromatic rings. The third-order valence-electron chi connectivity index (χ3n) is 8.68. The second kappa shape index (κ2) is 7.82. The molecule has 2 aliphatic rings. The van der Waals surface area contributed by atoms with Gasteiger partial charge in [-0.05, 0) is 104 Å². The highest BCUT2D eigenvalue weighted by molar-refractivity contribution is 9.10. The van der Waals surface area contributed by atoms with Gasteiger partial charge in [-0.25, -0.2) is 0 Å². The molecule has 8 rings (SSSR count). The Kier molecular flexibility index (Phi) is 4.55. The van der Waals surface area contributed by atoms with Crippen LogP contribution in [-0.4, -0.2) is 0 Å². The number of para-hydroxylation sites is 1. The first-order valence-electron chi connectivity index (χ1n) is 13.3. The monoisotopic (exact) mass is 551 g/mol. The Balaban J connectivity index is 1.38. The molecule has 0 radical (unpaired) electrons. The number of hydrogen-bond donors (Lipinski definition) is 0. The highest BCUT2D eigenvalue weighted by Gasteiger charge is 2.38. The molecular formula is C36H26BrN. The molecule has 0 bridgehead atoms. The zero-order valence-corrected chi connectivity index (χ0v) is 23.0. The van der Waals surface area contributed by atoms with E-state index >= 15 is 0 Å². The van der Waals surface area contributed by atoms with Crippen LogP contribution in [0.5, 0.6) is 0 Å². The van der Waals surface area contributed by atoms with Gasteiger partial charge < -0.3 is 4.90 Å². The van der Waals surface area contributed by atoms with Crippen molar-refractivity contribution in [2.24, 2.45) is 0 Å². The number of nitrogens with zero attached hydrogens (tertiary/aromatic N) is 1. The van der Waals surface area contributed by atoms with E-state index < -0.39 is 0 Å². The van der Waals surface area contributed by atoms with Crippen molar-refractivity contribution in [1.82, 2.24) is 0 Å². The number of rotatable bonds is 1. The summed E-state index contributed by atoms with van der Waals surface area (Å²) in [5.41, 5.74) is 12.0. The minimum atomic E-state index is -0.102. The molecule has 1 aliphatic heterocycles. The van der Waals surface area contributed by atoms with Gasteiger partial charge in [0.25, 0.3) is 0 Å². The minimum absolute atomic E-state index is 0.102. The number of anilines is 3. The van der Waals surface area contributed by atoms with Gasteiger partial charge in [-0.1, -0.05) is 96.5 Å². The summed E-state index contributed by atoms with van der Waals surface area (Å²) in [7, 11) is 0. The van der Waals surface area contributed by atoms with Crippen molar-refractivity contribution in [3.8, 4) is 11.1 Å². The van der Waals surface area contributed by atoms with E-state index in [2.05, 4.69) is 144 Å². The van der Waals surface area contributed by atoms with Crippen LogP contribution in [0.2, 0.25) is 0 Å². The van der Waals surface area contributed by atoms with Crippen LogP contribution in [0.3, 0.4) is 0 Å². The van der Waals surface area contributed by atoms with Crippen LogP contribution in [0.1, 0.15) is 36.1 Å². The predicted octanol–water partition coefficient (Wildman–Crippen LogP) is 10.4. The summed E-state index contributed by atoms with van der Waals surface area (Å²) >= 11 is 3.62. The third kappa shape index (κ3) is 3.04. The molecule has 1 nitrogen and oxygen atoms in total. The van der Waals surface area contributed by atoms with Crippen molar-refractivity contribution < 1.29 is 0 Å².